The van der Waals surface area contributed by atoms with E-state index in [0.29, 0.717) is 13.1 Å². The van der Waals surface area contributed by atoms with Gasteiger partial charge in [-0.15, -0.1) is 12.4 Å². The van der Waals surface area contributed by atoms with Crippen LogP contribution < -0.4 is 0 Å². The Kier molecular flexibility index (Phi) is 8.35. The highest BCUT2D eigenvalue weighted by atomic mass is 35.5. The summed E-state index contributed by atoms with van der Waals surface area (Å²) in [6, 6.07) is 9.81. The molecule has 1 aromatic rings. The quantitative estimate of drug-likeness (QED) is 0.756. The van der Waals surface area contributed by atoms with Gasteiger partial charge in [0.25, 0.3) is 0 Å². The van der Waals surface area contributed by atoms with Crippen LogP contribution in [0.5, 0.6) is 0 Å². The smallest absolute Gasteiger partial charge is 0.332 e. The molecular formula is C15H20ClNO4. The fourth-order valence-electron chi connectivity index (χ4n) is 1.86. The molecule has 116 valence electrons. The van der Waals surface area contributed by atoms with Gasteiger partial charge < -0.3 is 15.1 Å². The van der Waals surface area contributed by atoms with Gasteiger partial charge in [-0.1, -0.05) is 30.3 Å². The van der Waals surface area contributed by atoms with Crippen LogP contribution in [-0.2, 0) is 16.1 Å². The molecule has 0 bridgehead atoms. The third-order valence-corrected chi connectivity index (χ3v) is 3.07. The minimum atomic E-state index is -1.19. The van der Waals surface area contributed by atoms with Crippen molar-refractivity contribution in [3.63, 3.8) is 0 Å². The lowest BCUT2D eigenvalue weighted by molar-refractivity contribution is -0.136. The third kappa shape index (κ3) is 6.42. The maximum absolute atomic E-state index is 11.1. The predicted octanol–water partition coefficient (Wildman–Crippen LogP) is 2.42. The topological polar surface area (TPSA) is 77.8 Å². The molecule has 0 radical (unpaired) electrons. The Bertz CT molecular complexity index is 514. The molecule has 0 fully saturated rings. The SMILES string of the molecule is C/C(C(=O)O)=C(/CCN(C)Cc1ccccc1)C(=O)O.Cl. The van der Waals surface area contributed by atoms with Crippen molar-refractivity contribution in [3.8, 4) is 0 Å². The molecule has 0 aliphatic heterocycles. The summed E-state index contributed by atoms with van der Waals surface area (Å²) >= 11 is 0. The summed E-state index contributed by atoms with van der Waals surface area (Å²) in [7, 11) is 1.88. The number of carbonyl (C=O) groups is 2. The average Bonchev–Trinajstić information content (AvgIpc) is 2.39. The summed E-state index contributed by atoms with van der Waals surface area (Å²) in [4.78, 5) is 23.9. The van der Waals surface area contributed by atoms with E-state index in [1.54, 1.807) is 0 Å². The fourth-order valence-corrected chi connectivity index (χ4v) is 1.86. The molecule has 2 N–H and O–H groups in total. The van der Waals surface area contributed by atoms with Crippen LogP contribution in [-0.4, -0.2) is 40.6 Å². The minimum absolute atomic E-state index is 0. The van der Waals surface area contributed by atoms with Gasteiger partial charge in [-0.25, -0.2) is 9.59 Å². The normalized spacial score (nSPS) is 11.6. The average molecular weight is 314 g/mol. The second-order valence-corrected chi connectivity index (χ2v) is 4.69. The maximum Gasteiger partial charge on any atom is 0.332 e. The molecule has 0 saturated heterocycles. The highest BCUT2D eigenvalue weighted by Gasteiger charge is 2.16. The number of nitrogens with zero attached hydrogens (tertiary/aromatic N) is 1. The summed E-state index contributed by atoms with van der Waals surface area (Å²) in [5, 5.41) is 17.9. The van der Waals surface area contributed by atoms with Crippen LogP contribution in [0.15, 0.2) is 41.5 Å². The number of benzene rings is 1. The lowest BCUT2D eigenvalue weighted by atomic mass is 10.1. The molecular weight excluding hydrogens is 294 g/mol. The van der Waals surface area contributed by atoms with Crippen LogP contribution in [0.1, 0.15) is 18.9 Å². The zero-order valence-electron chi connectivity index (χ0n) is 12.1. The van der Waals surface area contributed by atoms with E-state index in [1.165, 1.54) is 6.92 Å². The van der Waals surface area contributed by atoms with Crippen molar-refractivity contribution in [2.45, 2.75) is 19.9 Å². The summed E-state index contributed by atoms with van der Waals surface area (Å²) in [6.45, 7) is 2.50. The summed E-state index contributed by atoms with van der Waals surface area (Å²) in [5.41, 5.74) is 0.980. The Labute approximate surface area is 130 Å². The first-order valence-electron chi connectivity index (χ1n) is 6.30. The van der Waals surface area contributed by atoms with E-state index in [0.717, 1.165) is 5.56 Å². The van der Waals surface area contributed by atoms with E-state index < -0.39 is 11.9 Å². The standard InChI is InChI=1S/C15H19NO4.ClH/c1-11(14(17)18)13(15(19)20)8-9-16(2)10-12-6-4-3-5-7-12;/h3-7H,8-10H2,1-2H3,(H,17,18)(H,19,20);1H/b13-11+;. The van der Waals surface area contributed by atoms with E-state index in [4.69, 9.17) is 10.2 Å². The summed E-state index contributed by atoms with van der Waals surface area (Å²) in [5.74, 6) is -2.36. The lowest BCUT2D eigenvalue weighted by Gasteiger charge is -2.17. The molecule has 0 aromatic heterocycles. The fraction of sp³-hybridized carbons (Fsp3) is 0.333. The Morgan fingerprint density at radius 1 is 1.10 bits per heavy atom. The van der Waals surface area contributed by atoms with Crippen molar-refractivity contribution in [1.29, 1.82) is 0 Å². The number of aliphatic carboxylic acids is 2. The number of halogens is 1. The molecule has 0 spiro atoms. The summed E-state index contributed by atoms with van der Waals surface area (Å²) < 4.78 is 0. The Balaban J connectivity index is 0.00000400. The minimum Gasteiger partial charge on any atom is -0.478 e. The number of hydrogen-bond donors (Lipinski definition) is 2. The van der Waals surface area contributed by atoms with Crippen molar-refractivity contribution >= 4 is 24.3 Å². The van der Waals surface area contributed by atoms with E-state index >= 15 is 0 Å². The molecule has 21 heavy (non-hydrogen) atoms. The van der Waals surface area contributed by atoms with Gasteiger partial charge in [0.1, 0.15) is 0 Å². The van der Waals surface area contributed by atoms with Crippen LogP contribution >= 0.6 is 12.4 Å². The highest BCUT2D eigenvalue weighted by molar-refractivity contribution is 5.98. The molecule has 1 rings (SSSR count). The predicted molar refractivity (Wildman–Crippen MR) is 82.6 cm³/mol. The van der Waals surface area contributed by atoms with Crippen molar-refractivity contribution in [1.82, 2.24) is 4.90 Å². The zero-order chi connectivity index (χ0) is 15.1. The largest absolute Gasteiger partial charge is 0.478 e. The van der Waals surface area contributed by atoms with Crippen molar-refractivity contribution in [2.75, 3.05) is 13.6 Å². The number of carboxylic acid groups (broad SMARTS) is 2. The van der Waals surface area contributed by atoms with Gasteiger partial charge in [-0.2, -0.15) is 0 Å². The maximum atomic E-state index is 11.1. The van der Waals surface area contributed by atoms with Crippen LogP contribution in [0, 0.1) is 0 Å². The van der Waals surface area contributed by atoms with Gasteiger partial charge in [0.05, 0.1) is 0 Å². The Morgan fingerprint density at radius 3 is 2.14 bits per heavy atom. The first-order chi connectivity index (χ1) is 9.41. The zero-order valence-corrected chi connectivity index (χ0v) is 12.9. The highest BCUT2D eigenvalue weighted by Crippen LogP contribution is 2.11. The third-order valence-electron chi connectivity index (χ3n) is 3.07. The number of rotatable bonds is 7. The molecule has 0 atom stereocenters. The van der Waals surface area contributed by atoms with Gasteiger partial charge >= 0.3 is 11.9 Å². The van der Waals surface area contributed by atoms with Crippen LogP contribution in [0.25, 0.3) is 0 Å². The van der Waals surface area contributed by atoms with Gasteiger partial charge in [0.2, 0.25) is 0 Å². The second kappa shape index (κ2) is 9.15. The van der Waals surface area contributed by atoms with E-state index in [-0.39, 0.29) is 30.0 Å². The molecule has 0 heterocycles. The lowest BCUT2D eigenvalue weighted by Crippen LogP contribution is -2.21. The van der Waals surface area contributed by atoms with Crippen molar-refractivity contribution < 1.29 is 19.8 Å². The van der Waals surface area contributed by atoms with Crippen molar-refractivity contribution in [2.24, 2.45) is 0 Å². The first-order valence-corrected chi connectivity index (χ1v) is 6.30. The molecule has 0 aliphatic rings. The van der Waals surface area contributed by atoms with E-state index in [1.807, 2.05) is 42.3 Å². The Morgan fingerprint density at radius 2 is 1.67 bits per heavy atom. The van der Waals surface area contributed by atoms with E-state index in [9.17, 15) is 9.59 Å². The van der Waals surface area contributed by atoms with Gasteiger partial charge in [-0.3, -0.25) is 0 Å². The van der Waals surface area contributed by atoms with Crippen molar-refractivity contribution in [3.05, 3.63) is 47.0 Å². The van der Waals surface area contributed by atoms with Gasteiger partial charge in [0, 0.05) is 24.2 Å². The van der Waals surface area contributed by atoms with Gasteiger partial charge in [0.15, 0.2) is 0 Å². The number of hydrogen-bond acceptors (Lipinski definition) is 3. The van der Waals surface area contributed by atoms with Crippen LogP contribution in [0.4, 0.5) is 0 Å². The molecule has 6 heteroatoms. The second-order valence-electron chi connectivity index (χ2n) is 4.69. The Hall–Kier alpha value is -1.85. The number of carboxylic acids is 2. The molecule has 0 unspecified atom stereocenters. The molecule has 5 nitrogen and oxygen atoms in total. The van der Waals surface area contributed by atoms with Crippen LogP contribution in [0.3, 0.4) is 0 Å². The van der Waals surface area contributed by atoms with Crippen LogP contribution in [0.2, 0.25) is 0 Å². The molecule has 0 aliphatic carbocycles. The van der Waals surface area contributed by atoms with Gasteiger partial charge in [-0.05, 0) is 26.0 Å². The van der Waals surface area contributed by atoms with E-state index in [2.05, 4.69) is 0 Å². The summed E-state index contributed by atoms with van der Waals surface area (Å²) in [6.07, 6.45) is 0.205. The molecule has 0 saturated carbocycles. The monoisotopic (exact) mass is 313 g/mol. The first kappa shape index (κ1) is 19.1. The molecule has 0 amide bonds. The molecule has 1 aromatic carbocycles.